The molecule has 4 aromatic rings. The maximum atomic E-state index is 12.7. The zero-order chi connectivity index (χ0) is 19.7. The topological polar surface area (TPSA) is 85.1 Å². The first-order chi connectivity index (χ1) is 13.5. The predicted octanol–water partition coefficient (Wildman–Crippen LogP) is 5.73. The number of nitrogens with zero attached hydrogens (tertiary/aromatic N) is 2. The van der Waals surface area contributed by atoms with Crippen LogP contribution in [0.1, 0.15) is 10.4 Å². The van der Waals surface area contributed by atoms with E-state index in [1.807, 2.05) is 36.4 Å². The van der Waals surface area contributed by atoms with Gasteiger partial charge in [-0.3, -0.25) is 14.9 Å². The molecule has 0 radical (unpaired) electrons. The number of carbonyl (C=O) groups excluding carboxylic acids is 1. The molecule has 1 N–H and O–H groups in total. The number of nitrogens with one attached hydrogen (secondary N) is 1. The highest BCUT2D eigenvalue weighted by Gasteiger charge is 2.21. The van der Waals surface area contributed by atoms with Crippen LogP contribution in [0.4, 0.5) is 11.4 Å². The summed E-state index contributed by atoms with van der Waals surface area (Å²) in [6.45, 7) is 0. The van der Waals surface area contributed by atoms with Gasteiger partial charge in [-0.1, -0.05) is 24.3 Å². The van der Waals surface area contributed by atoms with Crippen molar-refractivity contribution < 1.29 is 9.72 Å². The molecule has 28 heavy (non-hydrogen) atoms. The average molecular weight is 501 g/mol. The number of hydrogen-bond donors (Lipinski definition) is 1. The highest BCUT2D eigenvalue weighted by Crippen LogP contribution is 2.36. The molecule has 0 saturated carbocycles. The number of para-hydroxylation sites is 2. The summed E-state index contributed by atoms with van der Waals surface area (Å²) >= 11 is 3.73. The first kappa shape index (κ1) is 18.5. The molecule has 0 atom stereocenters. The van der Waals surface area contributed by atoms with Crippen LogP contribution in [-0.2, 0) is 0 Å². The number of rotatable bonds is 4. The lowest BCUT2D eigenvalue weighted by molar-refractivity contribution is -0.385. The first-order valence-electron chi connectivity index (χ1n) is 8.23. The largest absolute Gasteiger partial charge is 0.321 e. The van der Waals surface area contributed by atoms with Gasteiger partial charge in [0.25, 0.3) is 11.6 Å². The second-order valence-electron chi connectivity index (χ2n) is 5.91. The van der Waals surface area contributed by atoms with Crippen LogP contribution in [-0.4, -0.2) is 15.8 Å². The fourth-order valence-electron chi connectivity index (χ4n) is 2.80. The van der Waals surface area contributed by atoms with E-state index >= 15 is 0 Å². The third kappa shape index (κ3) is 3.60. The van der Waals surface area contributed by atoms with Crippen LogP contribution in [0.5, 0.6) is 0 Å². The van der Waals surface area contributed by atoms with Gasteiger partial charge >= 0.3 is 0 Å². The SMILES string of the molecule is O=C(Nc1ccc(I)cc1-c1nc2ccccc2s1)c1ccccc1[N+](=O)[O-]. The van der Waals surface area contributed by atoms with E-state index in [2.05, 4.69) is 32.9 Å². The fourth-order valence-corrected chi connectivity index (χ4v) is 4.29. The highest BCUT2D eigenvalue weighted by atomic mass is 127. The Kier molecular flexibility index (Phi) is 5.05. The van der Waals surface area contributed by atoms with E-state index in [0.29, 0.717) is 5.69 Å². The van der Waals surface area contributed by atoms with Crippen LogP contribution >= 0.6 is 33.9 Å². The van der Waals surface area contributed by atoms with Crippen LogP contribution in [0, 0.1) is 13.7 Å². The van der Waals surface area contributed by atoms with Gasteiger partial charge < -0.3 is 5.32 Å². The summed E-state index contributed by atoms with van der Waals surface area (Å²) in [4.78, 5) is 28.1. The smallest absolute Gasteiger partial charge is 0.282 e. The van der Waals surface area contributed by atoms with Crippen LogP contribution in [0.2, 0.25) is 0 Å². The van der Waals surface area contributed by atoms with Crippen LogP contribution in [0.15, 0.2) is 66.7 Å². The fraction of sp³-hybridized carbons (Fsp3) is 0. The first-order valence-corrected chi connectivity index (χ1v) is 10.1. The number of nitro benzene ring substituents is 1. The molecule has 8 heteroatoms. The van der Waals surface area contributed by atoms with Gasteiger partial charge in [0.15, 0.2) is 0 Å². The maximum Gasteiger partial charge on any atom is 0.282 e. The Labute approximate surface area is 177 Å². The van der Waals surface area contributed by atoms with Crippen molar-refractivity contribution in [3.63, 3.8) is 0 Å². The molecule has 0 spiro atoms. The van der Waals surface area contributed by atoms with Gasteiger partial charge in [0, 0.05) is 15.2 Å². The predicted molar refractivity (Wildman–Crippen MR) is 119 cm³/mol. The number of aromatic nitrogens is 1. The number of hydrogen-bond acceptors (Lipinski definition) is 5. The summed E-state index contributed by atoms with van der Waals surface area (Å²) < 4.78 is 2.04. The summed E-state index contributed by atoms with van der Waals surface area (Å²) in [6, 6.07) is 19.3. The van der Waals surface area contributed by atoms with E-state index in [0.717, 1.165) is 24.4 Å². The summed E-state index contributed by atoms with van der Waals surface area (Å²) in [7, 11) is 0. The lowest BCUT2D eigenvalue weighted by Crippen LogP contribution is -2.14. The third-order valence-electron chi connectivity index (χ3n) is 4.10. The van der Waals surface area contributed by atoms with Gasteiger partial charge in [-0.15, -0.1) is 11.3 Å². The molecule has 0 fully saturated rings. The van der Waals surface area contributed by atoms with Gasteiger partial charge in [0.2, 0.25) is 0 Å². The molecule has 1 heterocycles. The minimum Gasteiger partial charge on any atom is -0.321 e. The molecule has 1 aromatic heterocycles. The van der Waals surface area contributed by atoms with Crippen molar-refractivity contribution in [3.8, 4) is 10.6 Å². The molecule has 0 aliphatic rings. The standard InChI is InChI=1S/C20H12IN3O3S/c21-12-9-10-15(22-19(25)13-5-1-3-7-17(13)24(26)27)14(11-12)20-23-16-6-2-4-8-18(16)28-20/h1-11H,(H,22,25). The Bertz CT molecular complexity index is 1190. The van der Waals surface area contributed by atoms with Crippen molar-refractivity contribution >= 4 is 61.4 Å². The second kappa shape index (κ2) is 7.64. The van der Waals surface area contributed by atoms with Crippen LogP contribution in [0.3, 0.4) is 0 Å². The Morgan fingerprint density at radius 1 is 1.07 bits per heavy atom. The number of anilines is 1. The lowest BCUT2D eigenvalue weighted by Gasteiger charge is -2.10. The molecule has 0 aliphatic carbocycles. The van der Waals surface area contributed by atoms with Crippen LogP contribution in [0.25, 0.3) is 20.8 Å². The van der Waals surface area contributed by atoms with Crippen LogP contribution < -0.4 is 5.32 Å². The number of halogens is 1. The van der Waals surface area contributed by atoms with E-state index in [-0.39, 0.29) is 11.3 Å². The van der Waals surface area contributed by atoms with E-state index in [1.54, 1.807) is 12.1 Å². The number of amides is 1. The molecule has 0 bridgehead atoms. The van der Waals surface area contributed by atoms with Gasteiger partial charge in [-0.2, -0.15) is 0 Å². The monoisotopic (exact) mass is 501 g/mol. The van der Waals surface area contributed by atoms with Gasteiger partial charge in [-0.05, 0) is 59.0 Å². The van der Waals surface area contributed by atoms with Crippen molar-refractivity contribution in [3.05, 3.63) is 86.0 Å². The van der Waals surface area contributed by atoms with E-state index < -0.39 is 10.8 Å². The minimum atomic E-state index is -0.558. The highest BCUT2D eigenvalue weighted by molar-refractivity contribution is 14.1. The zero-order valence-electron chi connectivity index (χ0n) is 14.3. The molecule has 138 valence electrons. The molecule has 0 saturated heterocycles. The Morgan fingerprint density at radius 2 is 1.82 bits per heavy atom. The Hall–Kier alpha value is -2.85. The molecule has 6 nitrogen and oxygen atoms in total. The van der Waals surface area contributed by atoms with E-state index in [9.17, 15) is 14.9 Å². The number of fused-ring (bicyclic) bond motifs is 1. The molecule has 4 rings (SSSR count). The summed E-state index contributed by atoms with van der Waals surface area (Å²) in [5.41, 5.74) is 2.01. The lowest BCUT2D eigenvalue weighted by atomic mass is 10.1. The van der Waals surface area contributed by atoms with Gasteiger partial charge in [0.05, 0.1) is 20.8 Å². The maximum absolute atomic E-state index is 12.7. The summed E-state index contributed by atoms with van der Waals surface area (Å²) in [5.74, 6) is -0.532. The van der Waals surface area contributed by atoms with Crippen molar-refractivity contribution in [2.75, 3.05) is 5.32 Å². The molecule has 1 amide bonds. The molecule has 3 aromatic carbocycles. The third-order valence-corrected chi connectivity index (χ3v) is 5.84. The number of thiazole rings is 1. The Balaban J connectivity index is 1.75. The van der Waals surface area contributed by atoms with Crippen molar-refractivity contribution in [2.45, 2.75) is 0 Å². The molecule has 0 aliphatic heterocycles. The zero-order valence-corrected chi connectivity index (χ0v) is 17.2. The second-order valence-corrected chi connectivity index (χ2v) is 8.18. The van der Waals surface area contributed by atoms with Crippen molar-refractivity contribution in [1.29, 1.82) is 0 Å². The Morgan fingerprint density at radius 3 is 2.61 bits per heavy atom. The van der Waals surface area contributed by atoms with Gasteiger partial charge in [-0.25, -0.2) is 4.98 Å². The number of carbonyl (C=O) groups is 1. The van der Waals surface area contributed by atoms with E-state index in [4.69, 9.17) is 0 Å². The number of benzene rings is 3. The molecular weight excluding hydrogens is 489 g/mol. The van der Waals surface area contributed by atoms with E-state index in [1.165, 1.54) is 29.5 Å². The molecule has 0 unspecified atom stereocenters. The van der Waals surface area contributed by atoms with Crippen molar-refractivity contribution in [2.24, 2.45) is 0 Å². The number of nitro groups is 1. The summed E-state index contributed by atoms with van der Waals surface area (Å²) in [6.07, 6.45) is 0. The normalized spacial score (nSPS) is 10.8. The summed E-state index contributed by atoms with van der Waals surface area (Å²) in [5, 5.41) is 14.8. The quantitative estimate of drug-likeness (QED) is 0.220. The molecular formula is C20H12IN3O3S. The van der Waals surface area contributed by atoms with Gasteiger partial charge in [0.1, 0.15) is 10.6 Å². The average Bonchev–Trinajstić information content (AvgIpc) is 3.13. The minimum absolute atomic E-state index is 0.0151. The van der Waals surface area contributed by atoms with Crippen molar-refractivity contribution in [1.82, 2.24) is 4.98 Å².